The quantitative estimate of drug-likeness (QED) is 0.0924. The molecular formula is C53H57BrN12O7S2. The van der Waals surface area contributed by atoms with Crippen LogP contribution in [0, 0.1) is 0 Å². The van der Waals surface area contributed by atoms with E-state index in [1.165, 1.54) is 11.1 Å². The normalized spacial score (nSPS) is 13.6. The van der Waals surface area contributed by atoms with Gasteiger partial charge in [-0.3, -0.25) is 9.59 Å². The molecule has 0 atom stereocenters. The number of amides is 2. The van der Waals surface area contributed by atoms with E-state index >= 15 is 0 Å². The summed E-state index contributed by atoms with van der Waals surface area (Å²) in [4.78, 5) is 62.5. The van der Waals surface area contributed by atoms with E-state index in [1.807, 2.05) is 70.5 Å². The second-order valence-electron chi connectivity index (χ2n) is 17.5. The third-order valence-electron chi connectivity index (χ3n) is 12.6. The number of carbonyl (C=O) groups is 2. The molecule has 2 aliphatic heterocycles. The van der Waals surface area contributed by atoms with E-state index < -0.39 is 0 Å². The molecule has 390 valence electrons. The van der Waals surface area contributed by atoms with Crippen LogP contribution < -0.4 is 45.0 Å². The lowest BCUT2D eigenvalue weighted by Gasteiger charge is -2.35. The maximum Gasteiger partial charge on any atom is 0.260 e. The number of hydrogen-bond donors (Lipinski definition) is 2. The first kappa shape index (κ1) is 52.3. The fraction of sp³-hybridized carbons (Fsp3) is 0.321. The predicted octanol–water partition coefficient (Wildman–Crippen LogP) is 7.15. The molecule has 2 amide bonds. The van der Waals surface area contributed by atoms with Gasteiger partial charge in [0, 0.05) is 69.7 Å². The van der Waals surface area contributed by atoms with E-state index in [4.69, 9.17) is 45.1 Å². The molecule has 8 aromatic rings. The maximum absolute atomic E-state index is 12.7. The molecule has 0 unspecified atom stereocenters. The zero-order chi connectivity index (χ0) is 52.3. The van der Waals surface area contributed by atoms with E-state index in [0.717, 1.165) is 89.7 Å². The highest BCUT2D eigenvalue weighted by atomic mass is 79.9. The van der Waals surface area contributed by atoms with Crippen molar-refractivity contribution in [1.82, 2.24) is 39.7 Å². The van der Waals surface area contributed by atoms with Crippen molar-refractivity contribution in [2.75, 3.05) is 108 Å². The topological polar surface area (TPSA) is 223 Å². The summed E-state index contributed by atoms with van der Waals surface area (Å²) in [6, 6.07) is 30.7. The highest BCUT2D eigenvalue weighted by Crippen LogP contribution is 2.32. The van der Waals surface area contributed by atoms with Crippen molar-refractivity contribution < 1.29 is 33.3 Å². The van der Waals surface area contributed by atoms with Crippen LogP contribution in [-0.2, 0) is 35.3 Å². The Morgan fingerprint density at radius 3 is 1.32 bits per heavy atom. The molecule has 4 N–H and O–H groups in total. The van der Waals surface area contributed by atoms with Gasteiger partial charge >= 0.3 is 0 Å². The lowest BCUT2D eigenvalue weighted by molar-refractivity contribution is -0.134. The standard InChI is InChI=1S/C27H30N6O4S.C26H27BrN6O3S/c1-35-19-7-9-20(10-8-19)37-17-23(34)32-12-14-33(15-13-32)25-24-26(31-27(28)30-25)38-22(29-24)11-6-18-4-3-5-21(16-18)36-2;1-35-20-4-2-3-17(15-20)5-10-21-29-23-24(30-26(28)31-25(23)37-21)33-13-11-32(12-14-33)22(34)16-36-19-8-6-18(27)7-9-19/h3-5,7-10,16H,6,11-15,17H2,1-2H3,(H2,28,30,31);2-4,6-9,15H,5,10-14,16H2,1H3,(H2,28,30,31). The predicted molar refractivity (Wildman–Crippen MR) is 296 cm³/mol. The van der Waals surface area contributed by atoms with Gasteiger partial charge in [0.05, 0.1) is 31.3 Å². The molecule has 2 saturated heterocycles. The van der Waals surface area contributed by atoms with Gasteiger partial charge in [0.2, 0.25) is 11.9 Å². The van der Waals surface area contributed by atoms with Crippen molar-refractivity contribution in [3.05, 3.63) is 123 Å². The van der Waals surface area contributed by atoms with Crippen LogP contribution in [0.15, 0.2) is 102 Å². The number of halogens is 1. The third-order valence-corrected chi connectivity index (χ3v) is 15.1. The number of methoxy groups -OCH3 is 3. The van der Waals surface area contributed by atoms with Gasteiger partial charge in [-0.2, -0.15) is 9.97 Å². The summed E-state index contributed by atoms with van der Waals surface area (Å²) in [5.41, 5.74) is 16.0. The average molecular weight is 1120 g/mol. The number of aryl methyl sites for hydroxylation is 4. The summed E-state index contributed by atoms with van der Waals surface area (Å²) in [7, 11) is 4.95. The highest BCUT2D eigenvalue weighted by molar-refractivity contribution is 9.10. The number of piperazine rings is 2. The van der Waals surface area contributed by atoms with Gasteiger partial charge in [0.1, 0.15) is 39.8 Å². The number of thiazole rings is 2. The fourth-order valence-electron chi connectivity index (χ4n) is 8.56. The number of anilines is 4. The molecule has 0 bridgehead atoms. The number of nitrogens with two attached hydrogens (primary N) is 2. The fourth-order valence-corrected chi connectivity index (χ4v) is 10.7. The summed E-state index contributed by atoms with van der Waals surface area (Å²) < 4.78 is 28.1. The van der Waals surface area contributed by atoms with Crippen LogP contribution in [0.4, 0.5) is 23.5 Å². The number of aromatic nitrogens is 6. The molecule has 10 rings (SSSR count). The molecule has 2 fully saturated rings. The van der Waals surface area contributed by atoms with Crippen molar-refractivity contribution in [1.29, 1.82) is 0 Å². The first-order valence-corrected chi connectivity index (χ1v) is 26.8. The van der Waals surface area contributed by atoms with Crippen LogP contribution >= 0.6 is 38.6 Å². The number of rotatable bonds is 17. The molecule has 4 aromatic carbocycles. The molecule has 0 spiro atoms. The van der Waals surface area contributed by atoms with E-state index in [1.54, 1.807) is 68.3 Å². The van der Waals surface area contributed by atoms with Crippen LogP contribution in [0.2, 0.25) is 0 Å². The minimum atomic E-state index is -0.0543. The zero-order valence-corrected chi connectivity index (χ0v) is 45.0. The SMILES string of the molecule is COc1ccc(OCC(=O)N2CCN(c3nc(N)nc4sc(CCc5cccc(OC)c5)nc34)CC2)cc1.COc1cccc(CCc2nc3c(N4CCN(C(=O)COc5ccc(Br)cc5)CC4)nc(N)nc3s2)c1. The summed E-state index contributed by atoms with van der Waals surface area (Å²) in [6.07, 6.45) is 3.26. The number of benzene rings is 4. The maximum atomic E-state index is 12.7. The molecule has 4 aromatic heterocycles. The van der Waals surface area contributed by atoms with Crippen molar-refractivity contribution in [3.8, 4) is 28.7 Å². The summed E-state index contributed by atoms with van der Waals surface area (Å²) in [5.74, 6) is 5.53. The minimum absolute atomic E-state index is 0.00900. The lowest BCUT2D eigenvalue weighted by atomic mass is 10.1. The summed E-state index contributed by atoms with van der Waals surface area (Å²) in [6.45, 7) is 4.76. The number of fused-ring (bicyclic) bond motifs is 2. The Morgan fingerprint density at radius 2 is 0.907 bits per heavy atom. The van der Waals surface area contributed by atoms with Crippen molar-refractivity contribution in [3.63, 3.8) is 0 Å². The van der Waals surface area contributed by atoms with E-state index in [0.29, 0.717) is 63.9 Å². The molecule has 75 heavy (non-hydrogen) atoms. The molecule has 6 heterocycles. The zero-order valence-electron chi connectivity index (χ0n) is 41.8. The second kappa shape index (κ2) is 24.6. The van der Waals surface area contributed by atoms with Crippen molar-refractivity contribution >= 4 is 94.6 Å². The summed E-state index contributed by atoms with van der Waals surface area (Å²) in [5, 5.41) is 1.96. The largest absolute Gasteiger partial charge is 0.497 e. The first-order chi connectivity index (χ1) is 36.5. The van der Waals surface area contributed by atoms with Gasteiger partial charge in [-0.25, -0.2) is 19.9 Å². The van der Waals surface area contributed by atoms with E-state index in [2.05, 4.69) is 57.8 Å². The van der Waals surface area contributed by atoms with Gasteiger partial charge in [0.25, 0.3) is 11.8 Å². The number of nitrogen functional groups attached to an aromatic ring is 2. The van der Waals surface area contributed by atoms with Crippen molar-refractivity contribution in [2.45, 2.75) is 25.7 Å². The smallest absolute Gasteiger partial charge is 0.260 e. The number of carbonyl (C=O) groups excluding carboxylic acids is 2. The first-order valence-electron chi connectivity index (χ1n) is 24.3. The molecule has 2 aliphatic rings. The highest BCUT2D eigenvalue weighted by Gasteiger charge is 2.27. The Balaban J connectivity index is 0.000000184. The minimum Gasteiger partial charge on any atom is -0.497 e. The van der Waals surface area contributed by atoms with Gasteiger partial charge in [0.15, 0.2) is 34.5 Å². The van der Waals surface area contributed by atoms with Crippen LogP contribution in [-0.4, -0.2) is 138 Å². The molecule has 0 saturated carbocycles. The Bertz CT molecular complexity index is 3220. The Morgan fingerprint density at radius 1 is 0.507 bits per heavy atom. The Kier molecular flexibility index (Phi) is 17.2. The Labute approximate surface area is 450 Å². The van der Waals surface area contributed by atoms with Gasteiger partial charge in [-0.15, -0.1) is 0 Å². The van der Waals surface area contributed by atoms with E-state index in [-0.39, 0.29) is 36.9 Å². The third kappa shape index (κ3) is 13.6. The number of nitrogens with zero attached hydrogens (tertiary/aromatic N) is 10. The van der Waals surface area contributed by atoms with Crippen LogP contribution in [0.5, 0.6) is 28.7 Å². The lowest BCUT2D eigenvalue weighted by Crippen LogP contribution is -2.50. The molecule has 22 heteroatoms. The van der Waals surface area contributed by atoms with Crippen molar-refractivity contribution in [2.24, 2.45) is 0 Å². The molecule has 19 nitrogen and oxygen atoms in total. The Hall–Kier alpha value is -7.56. The average Bonchev–Trinajstić information content (AvgIpc) is 4.07. The molecule has 0 aliphatic carbocycles. The van der Waals surface area contributed by atoms with Crippen LogP contribution in [0.3, 0.4) is 0 Å². The molecular weight excluding hydrogens is 1060 g/mol. The monoisotopic (exact) mass is 1120 g/mol. The van der Waals surface area contributed by atoms with Gasteiger partial charge < -0.3 is 54.8 Å². The van der Waals surface area contributed by atoms with Crippen LogP contribution in [0.1, 0.15) is 21.1 Å². The van der Waals surface area contributed by atoms with Crippen LogP contribution in [0.25, 0.3) is 20.7 Å². The van der Waals surface area contributed by atoms with Gasteiger partial charge in [-0.05, 0) is 96.8 Å². The van der Waals surface area contributed by atoms with Gasteiger partial charge in [-0.1, -0.05) is 62.9 Å². The summed E-state index contributed by atoms with van der Waals surface area (Å²) >= 11 is 6.48. The molecule has 0 radical (unpaired) electrons. The van der Waals surface area contributed by atoms with E-state index in [9.17, 15) is 9.59 Å². The number of hydrogen-bond acceptors (Lipinski definition) is 19. The number of ether oxygens (including phenoxy) is 5. The second-order valence-corrected chi connectivity index (χ2v) is 20.5.